The van der Waals surface area contributed by atoms with Crippen LogP contribution in [-0.2, 0) is 4.79 Å². The first kappa shape index (κ1) is 19.4. The summed E-state index contributed by atoms with van der Waals surface area (Å²) in [6, 6.07) is 26.4. The molecule has 0 saturated carbocycles. The van der Waals surface area contributed by atoms with E-state index in [-0.39, 0.29) is 11.7 Å². The Morgan fingerprint density at radius 3 is 2.41 bits per heavy atom. The van der Waals surface area contributed by atoms with Crippen molar-refractivity contribution in [3.63, 3.8) is 0 Å². The Balaban J connectivity index is 1.33. The highest BCUT2D eigenvalue weighted by Gasteiger charge is 2.07. The van der Waals surface area contributed by atoms with Crippen molar-refractivity contribution < 1.29 is 4.79 Å². The van der Waals surface area contributed by atoms with Crippen LogP contribution in [0.2, 0.25) is 0 Å². The first-order valence-corrected chi connectivity index (χ1v) is 11.0. The van der Waals surface area contributed by atoms with E-state index >= 15 is 0 Å². The van der Waals surface area contributed by atoms with Crippen LogP contribution in [0, 0.1) is 0 Å². The van der Waals surface area contributed by atoms with Crippen LogP contribution in [0.3, 0.4) is 0 Å². The molecule has 3 aromatic carbocycles. The second-order valence-electron chi connectivity index (χ2n) is 6.41. The Kier molecular flexibility index (Phi) is 6.03. The van der Waals surface area contributed by atoms with Gasteiger partial charge in [-0.25, -0.2) is 10.4 Å². The fourth-order valence-corrected chi connectivity index (χ4v) is 4.68. The Labute approximate surface area is 177 Å². The number of thiazole rings is 1. The lowest BCUT2D eigenvalue weighted by Crippen LogP contribution is -2.21. The number of hydrazone groups is 1. The monoisotopic (exact) mass is 417 g/mol. The van der Waals surface area contributed by atoms with Crippen molar-refractivity contribution in [3.05, 3.63) is 84.4 Å². The fourth-order valence-electron chi connectivity index (χ4n) is 2.82. The van der Waals surface area contributed by atoms with Crippen LogP contribution in [-0.4, -0.2) is 22.4 Å². The van der Waals surface area contributed by atoms with E-state index in [1.165, 1.54) is 17.3 Å². The number of carbonyl (C=O) groups excluding carboxylic acids is 1. The molecule has 0 saturated heterocycles. The summed E-state index contributed by atoms with van der Waals surface area (Å²) in [6.45, 7) is 1.89. The number of nitrogens with zero attached hydrogens (tertiary/aromatic N) is 2. The molecule has 4 aromatic rings. The highest BCUT2D eigenvalue weighted by Crippen LogP contribution is 2.29. The third kappa shape index (κ3) is 4.91. The average Bonchev–Trinajstić information content (AvgIpc) is 3.20. The van der Waals surface area contributed by atoms with Gasteiger partial charge in [-0.15, -0.1) is 11.3 Å². The van der Waals surface area contributed by atoms with Gasteiger partial charge in [-0.05, 0) is 35.7 Å². The predicted molar refractivity (Wildman–Crippen MR) is 123 cm³/mol. The van der Waals surface area contributed by atoms with Crippen LogP contribution in [0.5, 0.6) is 0 Å². The number of rotatable bonds is 6. The molecule has 1 amide bonds. The molecule has 0 radical (unpaired) electrons. The zero-order valence-electron chi connectivity index (χ0n) is 15.8. The van der Waals surface area contributed by atoms with Crippen molar-refractivity contribution in [2.24, 2.45) is 5.10 Å². The number of aromatic nitrogens is 1. The van der Waals surface area contributed by atoms with E-state index in [4.69, 9.17) is 0 Å². The van der Waals surface area contributed by atoms with E-state index in [2.05, 4.69) is 39.8 Å². The van der Waals surface area contributed by atoms with Gasteiger partial charge >= 0.3 is 0 Å². The Bertz CT molecular complexity index is 1120. The highest BCUT2D eigenvalue weighted by molar-refractivity contribution is 8.01. The van der Waals surface area contributed by atoms with Gasteiger partial charge in [0.05, 0.1) is 21.7 Å². The number of carbonyl (C=O) groups is 1. The zero-order valence-corrected chi connectivity index (χ0v) is 17.5. The lowest BCUT2D eigenvalue weighted by atomic mass is 10.0. The molecule has 4 rings (SSSR count). The van der Waals surface area contributed by atoms with Crippen LogP contribution in [0.4, 0.5) is 0 Å². The van der Waals surface area contributed by atoms with Crippen LogP contribution in [0.1, 0.15) is 12.5 Å². The maximum absolute atomic E-state index is 12.1. The predicted octanol–water partition coefficient (Wildman–Crippen LogP) is 5.60. The molecule has 0 unspecified atom stereocenters. The third-order valence-electron chi connectivity index (χ3n) is 4.36. The number of thioether (sulfide) groups is 1. The molecule has 144 valence electrons. The number of benzene rings is 3. The van der Waals surface area contributed by atoms with Crippen molar-refractivity contribution in [2.45, 2.75) is 11.3 Å². The van der Waals surface area contributed by atoms with Crippen LogP contribution >= 0.6 is 23.1 Å². The molecule has 4 nitrogen and oxygen atoms in total. The second kappa shape index (κ2) is 9.03. The molecule has 6 heteroatoms. The SMILES string of the molecule is CC(=NNC(=O)CSc1nc2ccccc2s1)c1ccc(-c2ccccc2)cc1. The van der Waals surface area contributed by atoms with Crippen LogP contribution in [0.25, 0.3) is 21.3 Å². The lowest BCUT2D eigenvalue weighted by molar-refractivity contribution is -0.118. The zero-order chi connectivity index (χ0) is 20.1. The summed E-state index contributed by atoms with van der Waals surface area (Å²) in [4.78, 5) is 16.7. The summed E-state index contributed by atoms with van der Waals surface area (Å²) in [5, 5.41) is 4.24. The van der Waals surface area contributed by atoms with E-state index in [1.807, 2.05) is 61.5 Å². The maximum Gasteiger partial charge on any atom is 0.250 e. The van der Waals surface area contributed by atoms with Gasteiger partial charge in [0, 0.05) is 0 Å². The summed E-state index contributed by atoms with van der Waals surface area (Å²) in [5.41, 5.74) is 7.67. The molecule has 0 spiro atoms. The van der Waals surface area contributed by atoms with Crippen molar-refractivity contribution >= 4 is 44.9 Å². The van der Waals surface area contributed by atoms with E-state index < -0.39 is 0 Å². The standard InChI is InChI=1S/C23H19N3OS2/c1-16(17-11-13-19(14-12-17)18-7-3-2-4-8-18)25-26-22(27)15-28-23-24-20-9-5-6-10-21(20)29-23/h2-14H,15H2,1H3,(H,26,27). The summed E-state index contributed by atoms with van der Waals surface area (Å²) in [5.74, 6) is 0.137. The maximum atomic E-state index is 12.1. The normalized spacial score (nSPS) is 11.6. The molecular formula is C23H19N3OS2. The quantitative estimate of drug-likeness (QED) is 0.253. The minimum absolute atomic E-state index is 0.144. The molecule has 1 N–H and O–H groups in total. The summed E-state index contributed by atoms with van der Waals surface area (Å²) in [7, 11) is 0. The van der Waals surface area contributed by atoms with Gasteiger partial charge in [0.1, 0.15) is 0 Å². The second-order valence-corrected chi connectivity index (χ2v) is 8.66. The van der Waals surface area contributed by atoms with Crippen molar-refractivity contribution in [2.75, 3.05) is 5.75 Å². The smallest absolute Gasteiger partial charge is 0.250 e. The van der Waals surface area contributed by atoms with Gasteiger partial charge < -0.3 is 0 Å². The molecule has 0 bridgehead atoms. The Morgan fingerprint density at radius 2 is 1.66 bits per heavy atom. The van der Waals surface area contributed by atoms with Gasteiger partial charge in [-0.2, -0.15) is 5.10 Å². The highest BCUT2D eigenvalue weighted by atomic mass is 32.2. The molecule has 0 aliphatic rings. The molecule has 0 aliphatic heterocycles. The Hall–Kier alpha value is -2.96. The van der Waals surface area contributed by atoms with Gasteiger partial charge in [0.15, 0.2) is 4.34 Å². The van der Waals surface area contributed by atoms with E-state index in [1.54, 1.807) is 11.3 Å². The van der Waals surface area contributed by atoms with Crippen LogP contribution < -0.4 is 5.43 Å². The fraction of sp³-hybridized carbons (Fsp3) is 0.0870. The van der Waals surface area contributed by atoms with Crippen LogP contribution in [0.15, 0.2) is 88.3 Å². The van der Waals surface area contributed by atoms with Gasteiger partial charge in [-0.3, -0.25) is 4.79 Å². The first-order chi connectivity index (χ1) is 14.2. The molecule has 0 atom stereocenters. The first-order valence-electron chi connectivity index (χ1n) is 9.16. The third-order valence-corrected chi connectivity index (χ3v) is 6.54. The Morgan fingerprint density at radius 1 is 0.966 bits per heavy atom. The lowest BCUT2D eigenvalue weighted by Gasteiger charge is -2.05. The summed E-state index contributed by atoms with van der Waals surface area (Å²) >= 11 is 3.02. The van der Waals surface area contributed by atoms with E-state index in [0.29, 0.717) is 0 Å². The summed E-state index contributed by atoms with van der Waals surface area (Å²) in [6.07, 6.45) is 0. The van der Waals surface area contributed by atoms with Gasteiger partial charge in [0.2, 0.25) is 0 Å². The van der Waals surface area contributed by atoms with Crippen molar-refractivity contribution in [1.82, 2.24) is 10.4 Å². The molecule has 0 aliphatic carbocycles. The van der Waals surface area contributed by atoms with Gasteiger partial charge in [-0.1, -0.05) is 78.5 Å². The van der Waals surface area contributed by atoms with Crippen molar-refractivity contribution in [1.29, 1.82) is 0 Å². The molecule has 29 heavy (non-hydrogen) atoms. The largest absolute Gasteiger partial charge is 0.272 e. The molecule has 1 aromatic heterocycles. The number of hydrogen-bond donors (Lipinski definition) is 1. The summed E-state index contributed by atoms with van der Waals surface area (Å²) < 4.78 is 2.02. The molecular weight excluding hydrogens is 398 g/mol. The minimum atomic E-state index is -0.144. The number of fused-ring (bicyclic) bond motifs is 1. The van der Waals surface area contributed by atoms with E-state index in [9.17, 15) is 4.79 Å². The minimum Gasteiger partial charge on any atom is -0.272 e. The topological polar surface area (TPSA) is 54.4 Å². The number of hydrogen-bond acceptors (Lipinski definition) is 5. The van der Waals surface area contributed by atoms with Crippen molar-refractivity contribution in [3.8, 4) is 11.1 Å². The van der Waals surface area contributed by atoms with E-state index in [0.717, 1.165) is 31.4 Å². The number of amides is 1. The molecule has 0 fully saturated rings. The molecule has 1 heterocycles. The number of nitrogens with one attached hydrogen (secondary N) is 1. The number of para-hydroxylation sites is 1. The van der Waals surface area contributed by atoms with Gasteiger partial charge in [0.25, 0.3) is 5.91 Å². The average molecular weight is 418 g/mol.